The van der Waals surface area contributed by atoms with Crippen molar-refractivity contribution in [2.24, 2.45) is 10.7 Å². The molecule has 0 saturated heterocycles. The largest absolute Gasteiger partial charge is 0.404 e. The van der Waals surface area contributed by atoms with E-state index in [1.165, 1.54) is 6.20 Å². The summed E-state index contributed by atoms with van der Waals surface area (Å²) in [5.41, 5.74) is 5.72. The van der Waals surface area contributed by atoms with E-state index in [0.29, 0.717) is 0 Å². The monoisotopic (exact) mass is 149 g/mol. The molecular weight excluding hydrogens is 138 g/mol. The maximum Gasteiger partial charge on any atom is 0.147 e. The molecule has 11 heavy (non-hydrogen) atoms. The van der Waals surface area contributed by atoms with E-state index in [2.05, 4.69) is 11.1 Å². The van der Waals surface area contributed by atoms with Crippen LogP contribution in [0.3, 0.4) is 0 Å². The summed E-state index contributed by atoms with van der Waals surface area (Å²) in [7, 11) is 0. The molecule has 3 nitrogen and oxygen atoms in total. The van der Waals surface area contributed by atoms with E-state index in [1.54, 1.807) is 6.21 Å². The summed E-state index contributed by atoms with van der Waals surface area (Å²) >= 11 is 0. The standard InChI is InChI=1S/C8H11N3/c1-7(4-9)5-11-8(6-10)2-3-8/h4-5H,2-3,9H2,1H3. The normalized spacial score (nSPS) is 21.6. The van der Waals surface area contributed by atoms with E-state index in [4.69, 9.17) is 11.0 Å². The van der Waals surface area contributed by atoms with Gasteiger partial charge < -0.3 is 5.73 Å². The fraction of sp³-hybridized carbons (Fsp3) is 0.500. The molecule has 0 aromatic carbocycles. The SMILES string of the molecule is CC(C=NC1(C#N)CC1)=CN. The highest BCUT2D eigenvalue weighted by molar-refractivity contribution is 5.78. The quantitative estimate of drug-likeness (QED) is 0.595. The van der Waals surface area contributed by atoms with Crippen molar-refractivity contribution in [2.75, 3.05) is 0 Å². The van der Waals surface area contributed by atoms with E-state index in [0.717, 1.165) is 18.4 Å². The molecule has 1 aliphatic rings. The second-order valence-corrected chi connectivity index (χ2v) is 2.81. The molecule has 3 heteroatoms. The molecule has 0 radical (unpaired) electrons. The van der Waals surface area contributed by atoms with E-state index >= 15 is 0 Å². The summed E-state index contributed by atoms with van der Waals surface area (Å²) in [5.74, 6) is 0. The average molecular weight is 149 g/mol. The minimum Gasteiger partial charge on any atom is -0.404 e. The molecule has 1 saturated carbocycles. The van der Waals surface area contributed by atoms with Gasteiger partial charge in [0.25, 0.3) is 0 Å². The lowest BCUT2D eigenvalue weighted by molar-refractivity contribution is 0.879. The van der Waals surface area contributed by atoms with Crippen LogP contribution in [0.25, 0.3) is 0 Å². The van der Waals surface area contributed by atoms with Gasteiger partial charge in [-0.25, -0.2) is 0 Å². The van der Waals surface area contributed by atoms with Crippen LogP contribution < -0.4 is 5.73 Å². The summed E-state index contributed by atoms with van der Waals surface area (Å²) in [4.78, 5) is 4.12. The predicted octanol–water partition coefficient (Wildman–Crippen LogP) is 0.976. The zero-order valence-corrected chi connectivity index (χ0v) is 6.54. The van der Waals surface area contributed by atoms with Gasteiger partial charge in [-0.1, -0.05) is 0 Å². The van der Waals surface area contributed by atoms with Crippen LogP contribution in [0.2, 0.25) is 0 Å². The molecular formula is C8H11N3. The molecule has 0 unspecified atom stereocenters. The Hall–Kier alpha value is -1.30. The Labute approximate surface area is 66.2 Å². The van der Waals surface area contributed by atoms with Crippen LogP contribution in [0.5, 0.6) is 0 Å². The smallest absolute Gasteiger partial charge is 0.147 e. The molecule has 0 amide bonds. The van der Waals surface area contributed by atoms with Crippen LogP contribution in [0.15, 0.2) is 16.8 Å². The minimum atomic E-state index is -0.399. The highest BCUT2D eigenvalue weighted by Crippen LogP contribution is 2.38. The summed E-state index contributed by atoms with van der Waals surface area (Å²) in [6, 6.07) is 2.17. The summed E-state index contributed by atoms with van der Waals surface area (Å²) in [6.45, 7) is 1.86. The lowest BCUT2D eigenvalue weighted by Crippen LogP contribution is -2.00. The van der Waals surface area contributed by atoms with Crippen LogP contribution in [0, 0.1) is 11.3 Å². The zero-order chi connectivity index (χ0) is 8.32. The number of aliphatic imine (C=N–C) groups is 1. The maximum absolute atomic E-state index is 8.63. The van der Waals surface area contributed by atoms with Gasteiger partial charge in [0.1, 0.15) is 5.54 Å². The van der Waals surface area contributed by atoms with Crippen LogP contribution in [-0.2, 0) is 0 Å². The van der Waals surface area contributed by atoms with Crippen molar-refractivity contribution in [1.29, 1.82) is 5.26 Å². The molecule has 0 aromatic rings. The van der Waals surface area contributed by atoms with Gasteiger partial charge in [0.15, 0.2) is 0 Å². The van der Waals surface area contributed by atoms with Gasteiger partial charge in [0.2, 0.25) is 0 Å². The van der Waals surface area contributed by atoms with Crippen molar-refractivity contribution >= 4 is 6.21 Å². The Morgan fingerprint density at radius 1 is 1.73 bits per heavy atom. The average Bonchev–Trinajstić information content (AvgIpc) is 2.81. The lowest BCUT2D eigenvalue weighted by atomic mass is 10.3. The zero-order valence-electron chi connectivity index (χ0n) is 6.54. The first-order valence-electron chi connectivity index (χ1n) is 3.57. The Balaban J connectivity index is 2.56. The van der Waals surface area contributed by atoms with E-state index in [-0.39, 0.29) is 0 Å². The minimum absolute atomic E-state index is 0.399. The number of hydrogen-bond donors (Lipinski definition) is 1. The molecule has 0 aromatic heterocycles. The van der Waals surface area contributed by atoms with Gasteiger partial charge in [0.05, 0.1) is 6.07 Å². The van der Waals surface area contributed by atoms with Crippen LogP contribution >= 0.6 is 0 Å². The van der Waals surface area contributed by atoms with Crippen molar-refractivity contribution in [2.45, 2.75) is 25.3 Å². The molecule has 1 fully saturated rings. The predicted molar refractivity (Wildman–Crippen MR) is 44.0 cm³/mol. The maximum atomic E-state index is 8.63. The van der Waals surface area contributed by atoms with Crippen LogP contribution in [0.4, 0.5) is 0 Å². The highest BCUT2D eigenvalue weighted by atomic mass is 14.9. The van der Waals surface area contributed by atoms with Crippen molar-refractivity contribution < 1.29 is 0 Å². The van der Waals surface area contributed by atoms with Gasteiger partial charge in [0, 0.05) is 6.21 Å². The van der Waals surface area contributed by atoms with Crippen LogP contribution in [-0.4, -0.2) is 11.8 Å². The fourth-order valence-corrected chi connectivity index (χ4v) is 0.657. The van der Waals surface area contributed by atoms with Crippen molar-refractivity contribution in [3.63, 3.8) is 0 Å². The van der Waals surface area contributed by atoms with Gasteiger partial charge >= 0.3 is 0 Å². The van der Waals surface area contributed by atoms with Crippen molar-refractivity contribution in [3.05, 3.63) is 11.8 Å². The van der Waals surface area contributed by atoms with Gasteiger partial charge in [-0.2, -0.15) is 5.26 Å². The first kappa shape index (κ1) is 7.80. The second kappa shape index (κ2) is 2.75. The first-order valence-corrected chi connectivity index (χ1v) is 3.57. The van der Waals surface area contributed by atoms with Crippen molar-refractivity contribution in [1.82, 2.24) is 0 Å². The third-order valence-corrected chi connectivity index (χ3v) is 1.71. The Bertz CT molecular complexity index is 241. The summed E-state index contributed by atoms with van der Waals surface area (Å²) < 4.78 is 0. The second-order valence-electron chi connectivity index (χ2n) is 2.81. The Morgan fingerprint density at radius 3 is 2.73 bits per heavy atom. The summed E-state index contributed by atoms with van der Waals surface area (Å²) in [5, 5.41) is 8.63. The van der Waals surface area contributed by atoms with Crippen molar-refractivity contribution in [3.8, 4) is 6.07 Å². The van der Waals surface area contributed by atoms with E-state index < -0.39 is 5.54 Å². The third-order valence-electron chi connectivity index (χ3n) is 1.71. The number of nitriles is 1. The molecule has 0 atom stereocenters. The Morgan fingerprint density at radius 2 is 2.36 bits per heavy atom. The van der Waals surface area contributed by atoms with E-state index in [9.17, 15) is 0 Å². The molecule has 0 aliphatic heterocycles. The number of nitrogens with two attached hydrogens (primary N) is 1. The molecule has 2 N–H and O–H groups in total. The number of allylic oxidation sites excluding steroid dienone is 1. The molecule has 58 valence electrons. The van der Waals surface area contributed by atoms with Gasteiger partial charge in [-0.3, -0.25) is 4.99 Å². The molecule has 1 rings (SSSR count). The Kier molecular flexibility index (Phi) is 1.95. The third kappa shape index (κ3) is 1.81. The molecule has 1 aliphatic carbocycles. The van der Waals surface area contributed by atoms with Gasteiger partial charge in [-0.15, -0.1) is 0 Å². The first-order chi connectivity index (χ1) is 5.22. The number of rotatable bonds is 2. The van der Waals surface area contributed by atoms with Gasteiger partial charge in [-0.05, 0) is 31.5 Å². The topological polar surface area (TPSA) is 62.2 Å². The molecule has 0 bridgehead atoms. The lowest BCUT2D eigenvalue weighted by Gasteiger charge is -1.94. The number of nitrogens with zero attached hydrogens (tertiary/aromatic N) is 2. The van der Waals surface area contributed by atoms with Crippen LogP contribution in [0.1, 0.15) is 19.8 Å². The molecule has 0 spiro atoms. The number of hydrogen-bond acceptors (Lipinski definition) is 3. The summed E-state index contributed by atoms with van der Waals surface area (Å²) in [6.07, 6.45) is 4.92. The fourth-order valence-electron chi connectivity index (χ4n) is 0.657. The van der Waals surface area contributed by atoms with E-state index in [1.807, 2.05) is 6.92 Å². The molecule has 0 heterocycles. The highest BCUT2D eigenvalue weighted by Gasteiger charge is 2.42.